The smallest absolute Gasteiger partial charge is 0.119 e. The maximum atomic E-state index is 10.1. The Labute approximate surface area is 107 Å². The summed E-state index contributed by atoms with van der Waals surface area (Å²) in [7, 11) is 0. The molecular formula is C16H28O. The van der Waals surface area contributed by atoms with E-state index >= 15 is 0 Å². The third-order valence-electron chi connectivity index (χ3n) is 2.75. The van der Waals surface area contributed by atoms with Gasteiger partial charge in [0.25, 0.3) is 0 Å². The van der Waals surface area contributed by atoms with Gasteiger partial charge in [0.2, 0.25) is 0 Å². The Morgan fingerprint density at radius 1 is 0.647 bits per heavy atom. The average Bonchev–Trinajstić information content (AvgIpc) is 2.35. The molecule has 0 spiro atoms. The topological polar surface area (TPSA) is 17.1 Å². The second kappa shape index (κ2) is 15.1. The molecule has 0 heterocycles. The second-order valence-electron chi connectivity index (χ2n) is 4.47. The van der Waals surface area contributed by atoms with Gasteiger partial charge in [0.1, 0.15) is 6.29 Å². The normalized spacial score (nSPS) is 11.6. The van der Waals surface area contributed by atoms with Crippen LogP contribution in [0.1, 0.15) is 71.1 Å². The van der Waals surface area contributed by atoms with E-state index in [4.69, 9.17) is 0 Å². The van der Waals surface area contributed by atoms with Crippen molar-refractivity contribution in [3.63, 3.8) is 0 Å². The summed E-state index contributed by atoms with van der Waals surface area (Å²) in [5.41, 5.74) is 0. The zero-order valence-corrected chi connectivity index (χ0v) is 11.4. The Morgan fingerprint density at radius 3 is 1.76 bits per heavy atom. The maximum Gasteiger partial charge on any atom is 0.119 e. The summed E-state index contributed by atoms with van der Waals surface area (Å²) in [5.74, 6) is 0. The molecule has 0 amide bonds. The lowest BCUT2D eigenvalue weighted by Crippen LogP contribution is -1.77. The molecule has 0 aromatic heterocycles. The minimum Gasteiger partial charge on any atom is -0.303 e. The quantitative estimate of drug-likeness (QED) is 0.258. The Hall–Kier alpha value is -0.850. The molecule has 0 saturated heterocycles. The minimum absolute atomic E-state index is 0.728. The van der Waals surface area contributed by atoms with Crippen molar-refractivity contribution < 1.29 is 4.79 Å². The molecule has 98 valence electrons. The van der Waals surface area contributed by atoms with Gasteiger partial charge in [0.05, 0.1) is 0 Å². The summed E-state index contributed by atoms with van der Waals surface area (Å²) in [6, 6.07) is 0. The maximum absolute atomic E-state index is 10.1. The van der Waals surface area contributed by atoms with Gasteiger partial charge in [-0.1, -0.05) is 50.5 Å². The molecule has 17 heavy (non-hydrogen) atoms. The van der Waals surface area contributed by atoms with Gasteiger partial charge >= 0.3 is 0 Å². The Bertz CT molecular complexity index is 204. The van der Waals surface area contributed by atoms with Crippen LogP contribution in [0.25, 0.3) is 0 Å². The molecule has 1 nitrogen and oxygen atoms in total. The number of aldehydes is 1. The number of unbranched alkanes of at least 4 members (excludes halogenated alkanes) is 7. The first-order valence-electron chi connectivity index (χ1n) is 7.15. The molecule has 0 atom stereocenters. The SMILES string of the molecule is CCCC/C=C/CC/C=C\CCCCCC=O. The molecule has 0 radical (unpaired) electrons. The van der Waals surface area contributed by atoms with Crippen LogP contribution in [0.4, 0.5) is 0 Å². The highest BCUT2D eigenvalue weighted by molar-refractivity contribution is 5.48. The molecule has 0 aliphatic heterocycles. The highest BCUT2D eigenvalue weighted by Crippen LogP contribution is 2.04. The van der Waals surface area contributed by atoms with Crippen molar-refractivity contribution >= 4 is 6.29 Å². The van der Waals surface area contributed by atoms with Crippen molar-refractivity contribution in [2.24, 2.45) is 0 Å². The van der Waals surface area contributed by atoms with Crippen LogP contribution in [0.5, 0.6) is 0 Å². The van der Waals surface area contributed by atoms with Crippen LogP contribution < -0.4 is 0 Å². The molecule has 0 N–H and O–H groups in total. The van der Waals surface area contributed by atoms with Crippen molar-refractivity contribution in [1.29, 1.82) is 0 Å². The highest BCUT2D eigenvalue weighted by Gasteiger charge is 1.86. The van der Waals surface area contributed by atoms with Crippen molar-refractivity contribution in [1.82, 2.24) is 0 Å². The summed E-state index contributed by atoms with van der Waals surface area (Å²) in [4.78, 5) is 10.1. The Morgan fingerprint density at radius 2 is 1.18 bits per heavy atom. The molecule has 0 aliphatic carbocycles. The van der Waals surface area contributed by atoms with E-state index in [0.29, 0.717) is 0 Å². The molecule has 0 fully saturated rings. The largest absolute Gasteiger partial charge is 0.303 e. The predicted octanol–water partition coefficient (Wildman–Crippen LogP) is 5.22. The molecule has 0 unspecified atom stereocenters. The fourth-order valence-electron chi connectivity index (χ4n) is 1.65. The van der Waals surface area contributed by atoms with Crippen LogP contribution in [0.2, 0.25) is 0 Å². The van der Waals surface area contributed by atoms with E-state index in [1.54, 1.807) is 0 Å². The van der Waals surface area contributed by atoms with Crippen LogP contribution >= 0.6 is 0 Å². The lowest BCUT2D eigenvalue weighted by atomic mass is 10.1. The molecular weight excluding hydrogens is 208 g/mol. The summed E-state index contributed by atoms with van der Waals surface area (Å²) >= 11 is 0. The lowest BCUT2D eigenvalue weighted by molar-refractivity contribution is -0.107. The third kappa shape index (κ3) is 15.1. The van der Waals surface area contributed by atoms with Crippen LogP contribution in [-0.4, -0.2) is 6.29 Å². The lowest BCUT2D eigenvalue weighted by Gasteiger charge is -1.93. The molecule has 0 aliphatic rings. The zero-order chi connectivity index (χ0) is 12.6. The van der Waals surface area contributed by atoms with E-state index in [1.807, 2.05) is 0 Å². The summed E-state index contributed by atoms with van der Waals surface area (Å²) in [6.45, 7) is 2.23. The van der Waals surface area contributed by atoms with E-state index in [-0.39, 0.29) is 0 Å². The van der Waals surface area contributed by atoms with Crippen LogP contribution in [0, 0.1) is 0 Å². The first kappa shape index (κ1) is 16.1. The van der Waals surface area contributed by atoms with Crippen molar-refractivity contribution in [3.8, 4) is 0 Å². The standard InChI is InChI=1S/C16H28O/c1-2-3-4-5-6-7-8-9-10-11-12-13-14-15-16-17/h5-6,9-10,16H,2-4,7-8,11-15H2,1H3/b6-5+,10-9-. The first-order valence-corrected chi connectivity index (χ1v) is 7.15. The van der Waals surface area contributed by atoms with E-state index in [2.05, 4.69) is 31.2 Å². The predicted molar refractivity (Wildman–Crippen MR) is 76.2 cm³/mol. The van der Waals surface area contributed by atoms with Gasteiger partial charge in [-0.3, -0.25) is 0 Å². The van der Waals surface area contributed by atoms with Gasteiger partial charge in [-0.25, -0.2) is 0 Å². The minimum atomic E-state index is 0.728. The first-order chi connectivity index (χ1) is 8.41. The molecule has 0 aromatic rings. The fourth-order valence-corrected chi connectivity index (χ4v) is 1.65. The zero-order valence-electron chi connectivity index (χ0n) is 11.4. The van der Waals surface area contributed by atoms with Gasteiger partial charge in [0, 0.05) is 6.42 Å². The van der Waals surface area contributed by atoms with Gasteiger partial charge in [-0.15, -0.1) is 0 Å². The Kier molecular flexibility index (Phi) is 14.4. The second-order valence-corrected chi connectivity index (χ2v) is 4.47. The van der Waals surface area contributed by atoms with E-state index in [1.165, 1.54) is 44.9 Å². The van der Waals surface area contributed by atoms with E-state index < -0.39 is 0 Å². The molecule has 0 bridgehead atoms. The summed E-state index contributed by atoms with van der Waals surface area (Å²) in [5, 5.41) is 0. The van der Waals surface area contributed by atoms with Gasteiger partial charge in [-0.2, -0.15) is 0 Å². The average molecular weight is 236 g/mol. The Balaban J connectivity index is 3.14. The van der Waals surface area contributed by atoms with Crippen molar-refractivity contribution in [2.75, 3.05) is 0 Å². The third-order valence-corrected chi connectivity index (χ3v) is 2.75. The van der Waals surface area contributed by atoms with Crippen LogP contribution in [-0.2, 0) is 4.79 Å². The monoisotopic (exact) mass is 236 g/mol. The van der Waals surface area contributed by atoms with Crippen LogP contribution in [0.15, 0.2) is 24.3 Å². The van der Waals surface area contributed by atoms with E-state index in [0.717, 1.165) is 25.5 Å². The molecule has 0 aromatic carbocycles. The fraction of sp³-hybridized carbons (Fsp3) is 0.688. The summed E-state index contributed by atoms with van der Waals surface area (Å²) in [6.07, 6.45) is 21.7. The molecule has 0 saturated carbocycles. The number of hydrogen-bond donors (Lipinski definition) is 0. The number of carbonyl (C=O) groups excluding carboxylic acids is 1. The number of hydrogen-bond acceptors (Lipinski definition) is 1. The highest BCUT2D eigenvalue weighted by atomic mass is 16.1. The van der Waals surface area contributed by atoms with Gasteiger partial charge in [0.15, 0.2) is 0 Å². The van der Waals surface area contributed by atoms with Crippen molar-refractivity contribution in [3.05, 3.63) is 24.3 Å². The van der Waals surface area contributed by atoms with Gasteiger partial charge in [-0.05, 0) is 38.5 Å². The van der Waals surface area contributed by atoms with E-state index in [9.17, 15) is 4.79 Å². The number of carbonyl (C=O) groups is 1. The number of rotatable bonds is 12. The van der Waals surface area contributed by atoms with Crippen LogP contribution in [0.3, 0.4) is 0 Å². The van der Waals surface area contributed by atoms with Gasteiger partial charge < -0.3 is 4.79 Å². The van der Waals surface area contributed by atoms with Crippen molar-refractivity contribution in [2.45, 2.75) is 71.1 Å². The summed E-state index contributed by atoms with van der Waals surface area (Å²) < 4.78 is 0. The number of allylic oxidation sites excluding steroid dienone is 4. The molecule has 0 rings (SSSR count). The molecule has 1 heteroatoms.